The van der Waals surface area contributed by atoms with Crippen LogP contribution in [0.2, 0.25) is 0 Å². The number of hydrogen-bond donors (Lipinski definition) is 2. The van der Waals surface area contributed by atoms with Gasteiger partial charge in [-0.15, -0.1) is 0 Å². The first-order valence-corrected chi connectivity index (χ1v) is 7.19. The molecule has 0 aliphatic rings. The van der Waals surface area contributed by atoms with E-state index in [0.29, 0.717) is 17.2 Å². The van der Waals surface area contributed by atoms with Gasteiger partial charge in [0.1, 0.15) is 17.3 Å². The number of benzene rings is 2. The lowest BCUT2D eigenvalue weighted by Gasteiger charge is -2.12. The fourth-order valence-electron chi connectivity index (χ4n) is 1.90. The molecule has 2 aromatic carbocycles. The molecule has 0 bridgehead atoms. The van der Waals surface area contributed by atoms with Crippen molar-refractivity contribution >= 4 is 21.8 Å². The molecule has 0 unspecified atom stereocenters. The highest BCUT2D eigenvalue weighted by Gasteiger charge is 2.11. The van der Waals surface area contributed by atoms with Crippen molar-refractivity contribution in [3.63, 3.8) is 0 Å². The van der Waals surface area contributed by atoms with Gasteiger partial charge < -0.3 is 10.5 Å². The Hall–Kier alpha value is -1.81. The molecule has 4 heteroatoms. The Morgan fingerprint density at radius 2 is 1.80 bits per heavy atom. The third-order valence-corrected chi connectivity index (χ3v) is 3.68. The van der Waals surface area contributed by atoms with Gasteiger partial charge in [0, 0.05) is 4.47 Å². The van der Waals surface area contributed by atoms with Crippen LogP contribution in [0, 0.1) is 5.41 Å². The predicted octanol–water partition coefficient (Wildman–Crippen LogP) is 4.65. The smallest absolute Gasteiger partial charge is 0.139 e. The van der Waals surface area contributed by atoms with Gasteiger partial charge in [-0.3, -0.25) is 5.41 Å². The number of halogens is 1. The molecule has 0 aliphatic carbocycles. The molecule has 0 aromatic heterocycles. The standard InChI is InChI=1S/C16H17BrN2O/c1-10(2)11-6-8-12(9-7-11)20-14-5-3-4-13(17)15(14)16(18)19/h3-10H,1-2H3,(H3,18,19). The molecule has 0 saturated heterocycles. The molecule has 0 spiro atoms. The lowest BCUT2D eigenvalue weighted by atomic mass is 10.0. The summed E-state index contributed by atoms with van der Waals surface area (Å²) in [6, 6.07) is 13.5. The molecule has 2 rings (SSSR count). The van der Waals surface area contributed by atoms with Gasteiger partial charge in [-0.1, -0.05) is 32.0 Å². The first-order valence-electron chi connectivity index (χ1n) is 6.39. The lowest BCUT2D eigenvalue weighted by molar-refractivity contribution is 0.481. The summed E-state index contributed by atoms with van der Waals surface area (Å²) >= 11 is 3.39. The lowest BCUT2D eigenvalue weighted by Crippen LogP contribution is -2.13. The SMILES string of the molecule is CC(C)c1ccc(Oc2cccc(Br)c2C(=N)N)cc1. The maximum absolute atomic E-state index is 7.64. The van der Waals surface area contributed by atoms with Gasteiger partial charge in [-0.05, 0) is 51.7 Å². The Bertz CT molecular complexity index is 621. The van der Waals surface area contributed by atoms with Crippen molar-refractivity contribution in [2.75, 3.05) is 0 Å². The van der Waals surface area contributed by atoms with E-state index in [1.807, 2.05) is 36.4 Å². The average molecular weight is 333 g/mol. The van der Waals surface area contributed by atoms with Crippen molar-refractivity contribution < 1.29 is 4.74 Å². The third-order valence-electron chi connectivity index (χ3n) is 3.02. The molecule has 3 N–H and O–H groups in total. The third kappa shape index (κ3) is 3.20. The van der Waals surface area contributed by atoms with Crippen LogP contribution in [-0.2, 0) is 0 Å². The molecule has 0 saturated carbocycles. The number of hydrogen-bond acceptors (Lipinski definition) is 2. The summed E-state index contributed by atoms with van der Waals surface area (Å²) < 4.78 is 6.59. The molecular weight excluding hydrogens is 316 g/mol. The van der Waals surface area contributed by atoms with E-state index in [4.69, 9.17) is 15.9 Å². The van der Waals surface area contributed by atoms with Crippen LogP contribution >= 0.6 is 15.9 Å². The molecule has 0 fully saturated rings. The Morgan fingerprint density at radius 3 is 2.35 bits per heavy atom. The van der Waals surface area contributed by atoms with Crippen molar-refractivity contribution in [3.8, 4) is 11.5 Å². The van der Waals surface area contributed by atoms with Crippen LogP contribution in [0.1, 0.15) is 30.9 Å². The summed E-state index contributed by atoms with van der Waals surface area (Å²) in [7, 11) is 0. The average Bonchev–Trinajstić information content (AvgIpc) is 2.39. The number of rotatable bonds is 4. The van der Waals surface area contributed by atoms with Gasteiger partial charge in [-0.2, -0.15) is 0 Å². The fraction of sp³-hybridized carbons (Fsp3) is 0.188. The minimum absolute atomic E-state index is 0.0220. The Morgan fingerprint density at radius 1 is 1.15 bits per heavy atom. The van der Waals surface area contributed by atoms with E-state index in [2.05, 4.69) is 29.8 Å². The second kappa shape index (κ2) is 6.09. The Labute approximate surface area is 127 Å². The number of ether oxygens (including phenoxy) is 1. The monoisotopic (exact) mass is 332 g/mol. The van der Waals surface area contributed by atoms with Gasteiger partial charge >= 0.3 is 0 Å². The zero-order chi connectivity index (χ0) is 14.7. The normalized spacial score (nSPS) is 10.6. The van der Waals surface area contributed by atoms with Crippen LogP contribution < -0.4 is 10.5 Å². The molecule has 0 heterocycles. The van der Waals surface area contributed by atoms with Gasteiger partial charge in [-0.25, -0.2) is 0 Å². The molecule has 104 valence electrons. The molecule has 0 amide bonds. The van der Waals surface area contributed by atoms with Crippen LogP contribution in [0.5, 0.6) is 11.5 Å². The summed E-state index contributed by atoms with van der Waals surface area (Å²) in [5.41, 5.74) is 7.44. The van der Waals surface area contributed by atoms with E-state index in [0.717, 1.165) is 10.2 Å². The number of nitrogen functional groups attached to an aromatic ring is 1. The summed E-state index contributed by atoms with van der Waals surface area (Å²) in [5, 5.41) is 7.64. The molecule has 0 radical (unpaired) electrons. The highest BCUT2D eigenvalue weighted by molar-refractivity contribution is 9.10. The molecular formula is C16H17BrN2O. The first-order chi connectivity index (χ1) is 9.49. The fourth-order valence-corrected chi connectivity index (χ4v) is 2.46. The van der Waals surface area contributed by atoms with Crippen LogP contribution in [0.15, 0.2) is 46.9 Å². The summed E-state index contributed by atoms with van der Waals surface area (Å²) in [4.78, 5) is 0. The van der Waals surface area contributed by atoms with Crippen LogP contribution in [-0.4, -0.2) is 5.84 Å². The van der Waals surface area contributed by atoms with Crippen molar-refractivity contribution in [1.29, 1.82) is 5.41 Å². The van der Waals surface area contributed by atoms with Crippen LogP contribution in [0.25, 0.3) is 0 Å². The van der Waals surface area contributed by atoms with Crippen molar-refractivity contribution in [1.82, 2.24) is 0 Å². The minimum atomic E-state index is -0.0220. The summed E-state index contributed by atoms with van der Waals surface area (Å²) in [6.45, 7) is 4.30. The molecule has 20 heavy (non-hydrogen) atoms. The van der Waals surface area contributed by atoms with Crippen molar-refractivity contribution in [2.45, 2.75) is 19.8 Å². The first kappa shape index (κ1) is 14.6. The van der Waals surface area contributed by atoms with Gasteiger partial charge in [0.2, 0.25) is 0 Å². The van der Waals surface area contributed by atoms with E-state index < -0.39 is 0 Å². The quantitative estimate of drug-likeness (QED) is 0.632. The second-order valence-electron chi connectivity index (χ2n) is 4.85. The highest BCUT2D eigenvalue weighted by atomic mass is 79.9. The second-order valence-corrected chi connectivity index (χ2v) is 5.71. The Balaban J connectivity index is 2.30. The predicted molar refractivity (Wildman–Crippen MR) is 85.8 cm³/mol. The minimum Gasteiger partial charge on any atom is -0.457 e. The van der Waals surface area contributed by atoms with Crippen LogP contribution in [0.4, 0.5) is 0 Å². The largest absolute Gasteiger partial charge is 0.457 e. The van der Waals surface area contributed by atoms with Gasteiger partial charge in [0.05, 0.1) is 5.56 Å². The van der Waals surface area contributed by atoms with Gasteiger partial charge in [0.15, 0.2) is 0 Å². The van der Waals surface area contributed by atoms with Crippen molar-refractivity contribution in [3.05, 3.63) is 58.1 Å². The zero-order valence-corrected chi connectivity index (χ0v) is 13.1. The van der Waals surface area contributed by atoms with E-state index in [-0.39, 0.29) is 5.84 Å². The van der Waals surface area contributed by atoms with E-state index in [1.165, 1.54) is 5.56 Å². The maximum Gasteiger partial charge on any atom is 0.139 e. The van der Waals surface area contributed by atoms with Crippen molar-refractivity contribution in [2.24, 2.45) is 5.73 Å². The summed E-state index contributed by atoms with van der Waals surface area (Å²) in [6.07, 6.45) is 0. The number of nitrogens with two attached hydrogens (primary N) is 1. The van der Waals surface area contributed by atoms with E-state index in [9.17, 15) is 0 Å². The molecule has 2 aromatic rings. The number of nitrogens with one attached hydrogen (secondary N) is 1. The molecule has 0 atom stereocenters. The molecule has 0 aliphatic heterocycles. The van der Waals surface area contributed by atoms with E-state index >= 15 is 0 Å². The van der Waals surface area contributed by atoms with E-state index in [1.54, 1.807) is 6.07 Å². The maximum atomic E-state index is 7.64. The topological polar surface area (TPSA) is 59.1 Å². The molecule has 3 nitrogen and oxygen atoms in total. The Kier molecular flexibility index (Phi) is 4.45. The summed E-state index contributed by atoms with van der Waals surface area (Å²) in [5.74, 6) is 1.77. The van der Waals surface area contributed by atoms with Gasteiger partial charge in [0.25, 0.3) is 0 Å². The van der Waals surface area contributed by atoms with Crippen LogP contribution in [0.3, 0.4) is 0 Å². The number of amidine groups is 1. The highest BCUT2D eigenvalue weighted by Crippen LogP contribution is 2.30. The zero-order valence-electron chi connectivity index (χ0n) is 11.5.